The molecule has 0 bridgehead atoms. The number of hydrogen-bond acceptors (Lipinski definition) is 6. The van der Waals surface area contributed by atoms with Crippen LogP contribution in [-0.2, 0) is 24.1 Å². The Hall–Kier alpha value is -4.32. The number of aromatic nitrogens is 4. The molecule has 0 radical (unpaired) electrons. The molecule has 0 N–H and O–H groups in total. The van der Waals surface area contributed by atoms with E-state index in [1.807, 2.05) is 32.0 Å². The van der Waals surface area contributed by atoms with Crippen molar-refractivity contribution in [2.75, 3.05) is 38.1 Å². The van der Waals surface area contributed by atoms with Gasteiger partial charge < -0.3 is 9.80 Å². The van der Waals surface area contributed by atoms with Gasteiger partial charge in [-0.3, -0.25) is 19.2 Å². The van der Waals surface area contributed by atoms with Gasteiger partial charge in [0, 0.05) is 61.6 Å². The van der Waals surface area contributed by atoms with Crippen LogP contribution in [-0.4, -0.2) is 74.6 Å². The average molecular weight is 564 g/mol. The summed E-state index contributed by atoms with van der Waals surface area (Å²) >= 11 is 0. The summed E-state index contributed by atoms with van der Waals surface area (Å²) < 4.78 is 40.9. The van der Waals surface area contributed by atoms with Crippen molar-refractivity contribution >= 4 is 28.4 Å². The van der Waals surface area contributed by atoms with Crippen LogP contribution in [0.25, 0.3) is 22.3 Å². The predicted molar refractivity (Wildman–Crippen MR) is 146 cm³/mol. The number of alkyl halides is 3. The Labute approximate surface area is 234 Å². The van der Waals surface area contributed by atoms with Gasteiger partial charge >= 0.3 is 6.18 Å². The first-order valence-electron chi connectivity index (χ1n) is 13.3. The molecule has 2 aromatic heterocycles. The van der Waals surface area contributed by atoms with E-state index in [9.17, 15) is 22.8 Å². The topological polar surface area (TPSA) is 87.5 Å². The molecule has 2 aliphatic rings. The van der Waals surface area contributed by atoms with Crippen LogP contribution in [0.15, 0.2) is 42.6 Å². The highest BCUT2D eigenvalue weighted by molar-refractivity contribution is 6.07. The number of fused-ring (bicyclic) bond motifs is 2. The highest BCUT2D eigenvalue weighted by atomic mass is 19.4. The van der Waals surface area contributed by atoms with E-state index >= 15 is 0 Å². The Balaban J connectivity index is 1.23. The zero-order valence-electron chi connectivity index (χ0n) is 22.9. The monoisotopic (exact) mass is 563 g/mol. The van der Waals surface area contributed by atoms with Crippen LogP contribution in [0.2, 0.25) is 0 Å². The number of carbonyl (C=O) groups excluding carboxylic acids is 2. The van der Waals surface area contributed by atoms with Crippen molar-refractivity contribution in [3.8, 4) is 11.4 Å². The van der Waals surface area contributed by atoms with E-state index in [1.165, 1.54) is 12.3 Å². The van der Waals surface area contributed by atoms with Crippen LogP contribution >= 0.6 is 0 Å². The van der Waals surface area contributed by atoms with Crippen LogP contribution in [0.1, 0.15) is 32.9 Å². The van der Waals surface area contributed by atoms with Crippen molar-refractivity contribution < 1.29 is 22.8 Å². The molecule has 6 rings (SSSR count). The molecule has 212 valence electrons. The number of amides is 2. The summed E-state index contributed by atoms with van der Waals surface area (Å²) in [4.78, 5) is 40.1. The molecule has 2 aliphatic heterocycles. The highest BCUT2D eigenvalue weighted by Gasteiger charge is 2.33. The minimum atomic E-state index is -4.44. The van der Waals surface area contributed by atoms with Gasteiger partial charge in [0.2, 0.25) is 5.91 Å². The molecular weight excluding hydrogens is 535 g/mol. The van der Waals surface area contributed by atoms with Gasteiger partial charge in [-0.15, -0.1) is 0 Å². The standard InChI is InChI=1S/C29H28F3N7O2/c1-17-12-19(27-33-14-20-13-21(29(30,31)32)5-6-22(20)34-27)4-7-24(17)38-10-11-39-26(28(38)41)18(2)23(35-39)15-37-9-8-36(3)25(40)16-37/h4-7,12-14H,8-11,15-16H2,1-3H3. The molecule has 9 nitrogen and oxygen atoms in total. The van der Waals surface area contributed by atoms with Crippen molar-refractivity contribution in [1.82, 2.24) is 29.5 Å². The maximum atomic E-state index is 13.7. The first-order chi connectivity index (χ1) is 19.5. The fraction of sp³-hybridized carbons (Fsp3) is 0.345. The van der Waals surface area contributed by atoms with Crippen molar-refractivity contribution in [2.24, 2.45) is 0 Å². The Morgan fingerprint density at radius 3 is 2.51 bits per heavy atom. The molecule has 0 spiro atoms. The number of nitrogens with zero attached hydrogens (tertiary/aromatic N) is 7. The van der Waals surface area contributed by atoms with E-state index in [0.29, 0.717) is 60.7 Å². The Morgan fingerprint density at radius 2 is 1.78 bits per heavy atom. The van der Waals surface area contributed by atoms with Gasteiger partial charge in [0.15, 0.2) is 5.82 Å². The summed E-state index contributed by atoms with van der Waals surface area (Å²) in [5.74, 6) is 0.321. The van der Waals surface area contributed by atoms with E-state index in [4.69, 9.17) is 5.10 Å². The summed E-state index contributed by atoms with van der Waals surface area (Å²) in [6.45, 7) is 7.05. The van der Waals surface area contributed by atoms with Crippen LogP contribution in [0.4, 0.5) is 18.9 Å². The van der Waals surface area contributed by atoms with E-state index in [1.54, 1.807) is 21.5 Å². The lowest BCUT2D eigenvalue weighted by molar-refractivity contribution is -0.137. The van der Waals surface area contributed by atoms with Gasteiger partial charge in [0.25, 0.3) is 5.91 Å². The SMILES string of the molecule is Cc1cc(-c2ncc3cc(C(F)(F)F)ccc3n2)ccc1N1CCn2nc(CN3CCN(C)C(=O)C3)c(C)c2C1=O. The van der Waals surface area contributed by atoms with Crippen molar-refractivity contribution in [2.45, 2.75) is 33.1 Å². The van der Waals surface area contributed by atoms with Gasteiger partial charge in [0.05, 0.1) is 29.9 Å². The molecule has 12 heteroatoms. The molecule has 1 fully saturated rings. The smallest absolute Gasteiger partial charge is 0.343 e. The number of aryl methyl sites for hydroxylation is 1. The van der Waals surface area contributed by atoms with Crippen molar-refractivity contribution in [3.05, 3.63) is 70.7 Å². The number of halogens is 3. The summed E-state index contributed by atoms with van der Waals surface area (Å²) in [6.07, 6.45) is -3.04. The molecule has 0 atom stereocenters. The highest BCUT2D eigenvalue weighted by Crippen LogP contribution is 2.33. The number of hydrogen-bond donors (Lipinski definition) is 0. The van der Waals surface area contributed by atoms with E-state index < -0.39 is 11.7 Å². The Bertz CT molecular complexity index is 1700. The lowest BCUT2D eigenvalue weighted by Crippen LogP contribution is -2.48. The zero-order valence-corrected chi connectivity index (χ0v) is 22.9. The second kappa shape index (κ2) is 9.95. The molecule has 0 aliphatic carbocycles. The van der Waals surface area contributed by atoms with Crippen LogP contribution in [0, 0.1) is 13.8 Å². The third-order valence-electron chi connectivity index (χ3n) is 7.83. The Kier molecular flexibility index (Phi) is 6.52. The minimum absolute atomic E-state index is 0.0729. The van der Waals surface area contributed by atoms with E-state index in [2.05, 4.69) is 14.9 Å². The van der Waals surface area contributed by atoms with Crippen molar-refractivity contribution in [1.29, 1.82) is 0 Å². The van der Waals surface area contributed by atoms with Gasteiger partial charge in [0.1, 0.15) is 5.69 Å². The summed E-state index contributed by atoms with van der Waals surface area (Å²) in [5.41, 5.74) is 4.13. The molecule has 0 saturated carbocycles. The number of carbonyl (C=O) groups is 2. The second-order valence-electron chi connectivity index (χ2n) is 10.6. The summed E-state index contributed by atoms with van der Waals surface area (Å²) in [7, 11) is 1.80. The molecule has 2 aromatic carbocycles. The van der Waals surface area contributed by atoms with Crippen LogP contribution in [0.3, 0.4) is 0 Å². The number of benzene rings is 2. The quantitative estimate of drug-likeness (QED) is 0.372. The lowest BCUT2D eigenvalue weighted by atomic mass is 10.1. The number of anilines is 1. The second-order valence-corrected chi connectivity index (χ2v) is 10.6. The first-order valence-corrected chi connectivity index (χ1v) is 13.3. The summed E-state index contributed by atoms with van der Waals surface area (Å²) in [6, 6.07) is 8.94. The Morgan fingerprint density at radius 1 is 0.976 bits per heavy atom. The first kappa shape index (κ1) is 26.9. The minimum Gasteiger partial charge on any atom is -0.343 e. The maximum Gasteiger partial charge on any atom is 0.416 e. The summed E-state index contributed by atoms with van der Waals surface area (Å²) in [5, 5.41) is 5.02. The van der Waals surface area contributed by atoms with Crippen LogP contribution in [0.5, 0.6) is 0 Å². The van der Waals surface area contributed by atoms with E-state index in [-0.39, 0.29) is 11.8 Å². The van der Waals surface area contributed by atoms with Crippen molar-refractivity contribution in [3.63, 3.8) is 0 Å². The molecule has 1 saturated heterocycles. The maximum absolute atomic E-state index is 13.7. The fourth-order valence-corrected chi connectivity index (χ4v) is 5.44. The van der Waals surface area contributed by atoms with Gasteiger partial charge in [-0.2, -0.15) is 18.3 Å². The third kappa shape index (κ3) is 4.92. The molecule has 4 aromatic rings. The van der Waals surface area contributed by atoms with Gasteiger partial charge in [-0.1, -0.05) is 0 Å². The molecule has 4 heterocycles. The fourth-order valence-electron chi connectivity index (χ4n) is 5.44. The van der Waals surface area contributed by atoms with E-state index in [0.717, 1.165) is 41.2 Å². The predicted octanol–water partition coefficient (Wildman–Crippen LogP) is 4.06. The number of likely N-dealkylation sites (N-methyl/N-ethyl adjacent to an activating group) is 1. The largest absolute Gasteiger partial charge is 0.416 e. The lowest BCUT2D eigenvalue weighted by Gasteiger charge is -2.31. The van der Waals surface area contributed by atoms with Crippen LogP contribution < -0.4 is 4.90 Å². The third-order valence-corrected chi connectivity index (χ3v) is 7.83. The molecular formula is C29H28F3N7O2. The van der Waals surface area contributed by atoms with Gasteiger partial charge in [-0.25, -0.2) is 9.97 Å². The average Bonchev–Trinajstić information content (AvgIpc) is 3.25. The number of rotatable bonds is 4. The normalized spacial score (nSPS) is 16.5. The zero-order chi connectivity index (χ0) is 29.1. The van der Waals surface area contributed by atoms with Gasteiger partial charge in [-0.05, 0) is 55.8 Å². The molecule has 41 heavy (non-hydrogen) atoms. The number of piperazine rings is 1. The molecule has 2 amide bonds. The molecule has 0 unspecified atom stereocenters.